The van der Waals surface area contributed by atoms with Gasteiger partial charge in [0.05, 0.1) is 0 Å². The Morgan fingerprint density at radius 2 is 2.07 bits per heavy atom. The second-order valence-corrected chi connectivity index (χ2v) is 4.18. The van der Waals surface area contributed by atoms with Crippen LogP contribution in [0.4, 0.5) is 4.39 Å². The Bertz CT molecular complexity index is 312. The highest BCUT2D eigenvalue weighted by Gasteiger charge is 2.11. The van der Waals surface area contributed by atoms with Gasteiger partial charge in [0.15, 0.2) is 0 Å². The first-order chi connectivity index (χ1) is 6.50. The summed E-state index contributed by atoms with van der Waals surface area (Å²) < 4.78 is 12.9. The summed E-state index contributed by atoms with van der Waals surface area (Å²) in [6.45, 7) is 3.98. The smallest absolute Gasteiger partial charge is 0.123 e. The summed E-state index contributed by atoms with van der Waals surface area (Å²) in [4.78, 5) is 0. The van der Waals surface area contributed by atoms with E-state index in [4.69, 9.17) is 17.3 Å². The van der Waals surface area contributed by atoms with Crippen LogP contribution in [0.25, 0.3) is 0 Å². The van der Waals surface area contributed by atoms with Crippen molar-refractivity contribution >= 4 is 11.6 Å². The summed E-state index contributed by atoms with van der Waals surface area (Å²) >= 11 is 5.94. The fraction of sp³-hybridized carbons (Fsp3) is 0.455. The lowest BCUT2D eigenvalue weighted by Gasteiger charge is -2.16. The van der Waals surface area contributed by atoms with E-state index in [9.17, 15) is 4.39 Å². The van der Waals surface area contributed by atoms with E-state index >= 15 is 0 Å². The van der Waals surface area contributed by atoms with E-state index in [0.717, 1.165) is 5.56 Å². The number of nitrogens with two attached hydrogens (primary N) is 1. The molecule has 2 N–H and O–H groups in total. The molecule has 0 saturated carbocycles. The Kier molecular flexibility index (Phi) is 3.90. The van der Waals surface area contributed by atoms with Crippen LogP contribution in [0, 0.1) is 11.7 Å². The van der Waals surface area contributed by atoms with E-state index < -0.39 is 0 Å². The molecular formula is C11H15ClFN. The van der Waals surface area contributed by atoms with Crippen molar-refractivity contribution in [2.75, 3.05) is 0 Å². The summed E-state index contributed by atoms with van der Waals surface area (Å²) in [5.41, 5.74) is 6.57. The zero-order chi connectivity index (χ0) is 10.7. The molecule has 3 heteroatoms. The van der Waals surface area contributed by atoms with Crippen molar-refractivity contribution in [1.82, 2.24) is 0 Å². The van der Waals surface area contributed by atoms with E-state index in [-0.39, 0.29) is 11.9 Å². The first kappa shape index (κ1) is 11.5. The van der Waals surface area contributed by atoms with Gasteiger partial charge in [0.1, 0.15) is 5.82 Å². The standard InChI is InChI=1S/C11H15ClFN/c1-7(8(2)14)5-9-6-10(13)3-4-11(9)12/h3-4,6-8H,5,14H2,1-2H3. The van der Waals surface area contributed by atoms with Gasteiger partial charge in [0.25, 0.3) is 0 Å². The molecule has 0 bridgehead atoms. The number of hydrogen-bond acceptors (Lipinski definition) is 1. The van der Waals surface area contributed by atoms with Crippen LogP contribution in [0.2, 0.25) is 5.02 Å². The molecule has 0 radical (unpaired) electrons. The molecule has 0 heterocycles. The van der Waals surface area contributed by atoms with Crippen LogP contribution in [-0.4, -0.2) is 6.04 Å². The average molecular weight is 216 g/mol. The fourth-order valence-corrected chi connectivity index (χ4v) is 1.43. The second kappa shape index (κ2) is 4.76. The lowest BCUT2D eigenvalue weighted by atomic mass is 9.95. The molecule has 1 rings (SSSR count). The quantitative estimate of drug-likeness (QED) is 0.824. The van der Waals surface area contributed by atoms with E-state index in [1.165, 1.54) is 12.1 Å². The third-order valence-corrected chi connectivity index (χ3v) is 2.82. The molecule has 0 fully saturated rings. The minimum Gasteiger partial charge on any atom is -0.328 e. The van der Waals surface area contributed by atoms with Crippen molar-refractivity contribution in [1.29, 1.82) is 0 Å². The maximum atomic E-state index is 12.9. The number of halogens is 2. The number of benzene rings is 1. The van der Waals surface area contributed by atoms with Crippen LogP contribution in [0.3, 0.4) is 0 Å². The van der Waals surface area contributed by atoms with Crippen LogP contribution in [-0.2, 0) is 6.42 Å². The van der Waals surface area contributed by atoms with Crippen LogP contribution in [0.5, 0.6) is 0 Å². The van der Waals surface area contributed by atoms with E-state index in [2.05, 4.69) is 0 Å². The molecule has 0 amide bonds. The molecule has 0 saturated heterocycles. The first-order valence-corrected chi connectivity index (χ1v) is 5.08. The maximum Gasteiger partial charge on any atom is 0.123 e. The molecule has 1 nitrogen and oxygen atoms in total. The van der Waals surface area contributed by atoms with Crippen molar-refractivity contribution in [2.45, 2.75) is 26.3 Å². The third-order valence-electron chi connectivity index (χ3n) is 2.45. The predicted molar refractivity (Wildman–Crippen MR) is 57.9 cm³/mol. The summed E-state index contributed by atoms with van der Waals surface area (Å²) in [5, 5.41) is 0.610. The molecule has 1 aromatic carbocycles. The van der Waals surface area contributed by atoms with Crippen LogP contribution in [0.15, 0.2) is 18.2 Å². The second-order valence-electron chi connectivity index (χ2n) is 3.78. The highest BCUT2D eigenvalue weighted by atomic mass is 35.5. The van der Waals surface area contributed by atoms with Crippen molar-refractivity contribution in [3.63, 3.8) is 0 Å². The maximum absolute atomic E-state index is 12.9. The van der Waals surface area contributed by atoms with Gasteiger partial charge in [-0.3, -0.25) is 0 Å². The highest BCUT2D eigenvalue weighted by Crippen LogP contribution is 2.21. The Morgan fingerprint density at radius 3 is 2.64 bits per heavy atom. The van der Waals surface area contributed by atoms with E-state index in [1.807, 2.05) is 13.8 Å². The van der Waals surface area contributed by atoms with Crippen LogP contribution < -0.4 is 5.73 Å². The Morgan fingerprint density at radius 1 is 1.43 bits per heavy atom. The average Bonchev–Trinajstić information content (AvgIpc) is 2.11. The molecule has 0 aliphatic heterocycles. The van der Waals surface area contributed by atoms with Crippen molar-refractivity contribution in [3.05, 3.63) is 34.6 Å². The molecule has 0 aromatic heterocycles. The third kappa shape index (κ3) is 2.96. The number of hydrogen-bond donors (Lipinski definition) is 1. The lowest BCUT2D eigenvalue weighted by Crippen LogP contribution is -2.25. The minimum absolute atomic E-state index is 0.0920. The molecule has 78 valence electrons. The molecule has 1 aromatic rings. The Labute approximate surface area is 89.1 Å². The molecule has 0 spiro atoms. The minimum atomic E-state index is -0.249. The van der Waals surface area contributed by atoms with Crippen molar-refractivity contribution in [3.8, 4) is 0 Å². The first-order valence-electron chi connectivity index (χ1n) is 4.70. The lowest BCUT2D eigenvalue weighted by molar-refractivity contribution is 0.480. The summed E-state index contributed by atoms with van der Waals surface area (Å²) in [5.74, 6) is 0.0515. The summed E-state index contributed by atoms with van der Waals surface area (Å²) in [6, 6.07) is 4.51. The highest BCUT2D eigenvalue weighted by molar-refractivity contribution is 6.31. The van der Waals surface area contributed by atoms with Gasteiger partial charge in [-0.15, -0.1) is 0 Å². The Balaban J connectivity index is 2.80. The van der Waals surface area contributed by atoms with Gasteiger partial charge in [-0.25, -0.2) is 4.39 Å². The summed E-state index contributed by atoms with van der Waals surface area (Å²) in [6.07, 6.45) is 0.717. The topological polar surface area (TPSA) is 26.0 Å². The van der Waals surface area contributed by atoms with Crippen molar-refractivity contribution < 1.29 is 4.39 Å². The van der Waals surface area contributed by atoms with Crippen LogP contribution >= 0.6 is 11.6 Å². The van der Waals surface area contributed by atoms with Gasteiger partial charge in [-0.2, -0.15) is 0 Å². The SMILES string of the molecule is CC(N)C(C)Cc1cc(F)ccc1Cl. The van der Waals surface area contributed by atoms with Gasteiger partial charge in [-0.05, 0) is 43.0 Å². The molecular weight excluding hydrogens is 201 g/mol. The largest absolute Gasteiger partial charge is 0.328 e. The fourth-order valence-electron chi connectivity index (χ4n) is 1.23. The molecule has 0 aliphatic rings. The number of rotatable bonds is 3. The van der Waals surface area contributed by atoms with Crippen LogP contribution in [0.1, 0.15) is 19.4 Å². The molecule has 14 heavy (non-hydrogen) atoms. The molecule has 0 aliphatic carbocycles. The van der Waals surface area contributed by atoms with Gasteiger partial charge < -0.3 is 5.73 Å². The van der Waals surface area contributed by atoms with Gasteiger partial charge in [0.2, 0.25) is 0 Å². The molecule has 2 unspecified atom stereocenters. The predicted octanol–water partition coefficient (Wildman–Crippen LogP) is 3.00. The van der Waals surface area contributed by atoms with Gasteiger partial charge >= 0.3 is 0 Å². The Hall–Kier alpha value is -0.600. The van der Waals surface area contributed by atoms with E-state index in [1.54, 1.807) is 6.07 Å². The molecule has 2 atom stereocenters. The zero-order valence-corrected chi connectivity index (χ0v) is 9.18. The van der Waals surface area contributed by atoms with Crippen molar-refractivity contribution in [2.24, 2.45) is 11.7 Å². The van der Waals surface area contributed by atoms with Gasteiger partial charge in [-0.1, -0.05) is 18.5 Å². The normalized spacial score (nSPS) is 15.2. The van der Waals surface area contributed by atoms with E-state index in [0.29, 0.717) is 17.4 Å². The zero-order valence-electron chi connectivity index (χ0n) is 8.43. The summed E-state index contributed by atoms with van der Waals surface area (Å²) in [7, 11) is 0. The van der Waals surface area contributed by atoms with Gasteiger partial charge in [0, 0.05) is 11.1 Å². The monoisotopic (exact) mass is 215 g/mol.